The summed E-state index contributed by atoms with van der Waals surface area (Å²) in [6.45, 7) is 13.7. The third kappa shape index (κ3) is 4.61. The lowest BCUT2D eigenvalue weighted by Gasteiger charge is -2.39. The van der Waals surface area contributed by atoms with E-state index in [1.54, 1.807) is 13.8 Å². The SMILES string of the molecule is CCNC(=NCC(C)N1CCOCC1)N1CCS(=O)(=O)C(C)(C)C1. The molecule has 0 bridgehead atoms. The Kier molecular flexibility index (Phi) is 6.50. The number of aliphatic imine (C=N–C) groups is 1. The van der Waals surface area contributed by atoms with E-state index in [1.807, 2.05) is 6.92 Å². The van der Waals surface area contributed by atoms with Crippen molar-refractivity contribution in [2.45, 2.75) is 38.5 Å². The molecule has 1 atom stereocenters. The van der Waals surface area contributed by atoms with Gasteiger partial charge >= 0.3 is 0 Å². The van der Waals surface area contributed by atoms with E-state index in [0.29, 0.717) is 25.7 Å². The third-order valence-electron chi connectivity index (χ3n) is 4.85. The Balaban J connectivity index is 2.02. The van der Waals surface area contributed by atoms with Gasteiger partial charge in [0, 0.05) is 38.8 Å². The highest BCUT2D eigenvalue weighted by molar-refractivity contribution is 7.92. The van der Waals surface area contributed by atoms with Gasteiger partial charge in [0.1, 0.15) is 0 Å². The fourth-order valence-corrected chi connectivity index (χ4v) is 4.47. The largest absolute Gasteiger partial charge is 0.379 e. The summed E-state index contributed by atoms with van der Waals surface area (Å²) in [7, 11) is -3.04. The first kappa shape index (κ1) is 19.5. The second-order valence-corrected chi connectivity index (χ2v) is 9.94. The zero-order valence-electron chi connectivity index (χ0n) is 15.4. The number of rotatable bonds is 4. The normalized spacial score (nSPS) is 26.2. The molecule has 2 saturated heterocycles. The van der Waals surface area contributed by atoms with Crippen LogP contribution in [-0.2, 0) is 14.6 Å². The smallest absolute Gasteiger partial charge is 0.194 e. The number of sulfone groups is 1. The lowest BCUT2D eigenvalue weighted by atomic mass is 10.2. The van der Waals surface area contributed by atoms with Gasteiger partial charge in [-0.2, -0.15) is 0 Å². The molecule has 24 heavy (non-hydrogen) atoms. The molecule has 2 fully saturated rings. The molecule has 0 spiro atoms. The molecule has 2 heterocycles. The summed E-state index contributed by atoms with van der Waals surface area (Å²) in [6.07, 6.45) is 0. The molecular weight excluding hydrogens is 328 g/mol. The molecule has 0 amide bonds. The average molecular weight is 361 g/mol. The van der Waals surface area contributed by atoms with E-state index < -0.39 is 14.6 Å². The summed E-state index contributed by atoms with van der Waals surface area (Å²) in [4.78, 5) is 9.25. The highest BCUT2D eigenvalue weighted by Crippen LogP contribution is 2.23. The number of hydrogen-bond acceptors (Lipinski definition) is 5. The first-order valence-electron chi connectivity index (χ1n) is 8.84. The summed E-state index contributed by atoms with van der Waals surface area (Å²) >= 11 is 0. The summed E-state index contributed by atoms with van der Waals surface area (Å²) in [5, 5.41) is 3.31. The second kappa shape index (κ2) is 8.01. The molecule has 1 N–H and O–H groups in total. The number of morpholine rings is 1. The number of guanidine groups is 1. The Morgan fingerprint density at radius 2 is 1.96 bits per heavy atom. The van der Waals surface area contributed by atoms with Crippen LogP contribution >= 0.6 is 0 Å². The quantitative estimate of drug-likeness (QED) is 0.570. The number of nitrogens with zero attached hydrogens (tertiary/aromatic N) is 3. The summed E-state index contributed by atoms with van der Waals surface area (Å²) < 4.78 is 29.1. The van der Waals surface area contributed by atoms with Gasteiger partial charge in [-0.25, -0.2) is 8.42 Å². The van der Waals surface area contributed by atoms with Gasteiger partial charge in [0.15, 0.2) is 15.8 Å². The van der Waals surface area contributed by atoms with E-state index in [-0.39, 0.29) is 5.75 Å². The van der Waals surface area contributed by atoms with Gasteiger partial charge in [0.05, 0.1) is 30.3 Å². The van der Waals surface area contributed by atoms with Crippen LogP contribution < -0.4 is 5.32 Å². The fourth-order valence-electron chi connectivity index (χ4n) is 3.10. The van der Waals surface area contributed by atoms with Gasteiger partial charge in [-0.1, -0.05) is 0 Å². The fraction of sp³-hybridized carbons (Fsp3) is 0.938. The molecule has 1 unspecified atom stereocenters. The molecule has 2 rings (SSSR count). The molecule has 0 saturated carbocycles. The Morgan fingerprint density at radius 1 is 1.29 bits per heavy atom. The van der Waals surface area contributed by atoms with Crippen LogP contribution in [0.2, 0.25) is 0 Å². The molecule has 140 valence electrons. The van der Waals surface area contributed by atoms with Crippen molar-refractivity contribution in [3.05, 3.63) is 0 Å². The topological polar surface area (TPSA) is 74.2 Å². The van der Waals surface area contributed by atoms with Crippen LogP contribution in [0.1, 0.15) is 27.7 Å². The first-order chi connectivity index (χ1) is 11.3. The average Bonchev–Trinajstić information content (AvgIpc) is 2.54. The van der Waals surface area contributed by atoms with Crippen LogP contribution in [0.25, 0.3) is 0 Å². The van der Waals surface area contributed by atoms with E-state index in [4.69, 9.17) is 9.73 Å². The Bertz CT molecular complexity index is 542. The van der Waals surface area contributed by atoms with Crippen LogP contribution in [0.5, 0.6) is 0 Å². The van der Waals surface area contributed by atoms with Crippen LogP contribution in [0.3, 0.4) is 0 Å². The number of hydrogen-bond donors (Lipinski definition) is 1. The predicted molar refractivity (Wildman–Crippen MR) is 97.3 cm³/mol. The molecule has 8 heteroatoms. The lowest BCUT2D eigenvalue weighted by Crippen LogP contribution is -2.57. The monoisotopic (exact) mass is 360 g/mol. The number of nitrogens with one attached hydrogen (secondary N) is 1. The minimum Gasteiger partial charge on any atom is -0.379 e. The Labute approximate surface area is 146 Å². The van der Waals surface area contributed by atoms with Crippen molar-refractivity contribution in [1.29, 1.82) is 0 Å². The van der Waals surface area contributed by atoms with Gasteiger partial charge in [0.25, 0.3) is 0 Å². The third-order valence-corrected chi connectivity index (χ3v) is 7.39. The molecule has 2 aliphatic rings. The van der Waals surface area contributed by atoms with E-state index in [2.05, 4.69) is 22.0 Å². The maximum absolute atomic E-state index is 12.2. The van der Waals surface area contributed by atoms with Crippen molar-refractivity contribution in [2.75, 3.05) is 58.2 Å². The van der Waals surface area contributed by atoms with Crippen molar-refractivity contribution >= 4 is 15.8 Å². The predicted octanol–water partition coefficient (Wildman–Crippen LogP) is 0.182. The zero-order valence-corrected chi connectivity index (χ0v) is 16.2. The molecule has 2 aliphatic heterocycles. The summed E-state index contributed by atoms with van der Waals surface area (Å²) in [5.41, 5.74) is 0. The molecule has 0 aromatic heterocycles. The molecular formula is C16H32N4O3S. The minimum absolute atomic E-state index is 0.184. The van der Waals surface area contributed by atoms with E-state index in [0.717, 1.165) is 38.8 Å². The van der Waals surface area contributed by atoms with Gasteiger partial charge in [0.2, 0.25) is 0 Å². The maximum atomic E-state index is 12.2. The molecule has 7 nitrogen and oxygen atoms in total. The van der Waals surface area contributed by atoms with Gasteiger partial charge in [-0.3, -0.25) is 9.89 Å². The van der Waals surface area contributed by atoms with E-state index in [9.17, 15) is 8.42 Å². The van der Waals surface area contributed by atoms with Crippen molar-refractivity contribution in [1.82, 2.24) is 15.1 Å². The summed E-state index contributed by atoms with van der Waals surface area (Å²) in [5.74, 6) is 1.00. The maximum Gasteiger partial charge on any atom is 0.194 e. The molecule has 0 aliphatic carbocycles. The van der Waals surface area contributed by atoms with E-state index >= 15 is 0 Å². The van der Waals surface area contributed by atoms with Crippen molar-refractivity contribution < 1.29 is 13.2 Å². The zero-order chi connectivity index (χ0) is 17.8. The molecule has 0 aromatic rings. The molecule has 0 aromatic carbocycles. The van der Waals surface area contributed by atoms with Gasteiger partial charge in [-0.15, -0.1) is 0 Å². The molecule has 0 radical (unpaired) electrons. The van der Waals surface area contributed by atoms with Crippen LogP contribution in [0, 0.1) is 0 Å². The van der Waals surface area contributed by atoms with Crippen LogP contribution in [-0.4, -0.2) is 93.2 Å². The second-order valence-electron chi connectivity index (χ2n) is 7.19. The summed E-state index contributed by atoms with van der Waals surface area (Å²) in [6, 6.07) is 0.351. The minimum atomic E-state index is -3.04. The van der Waals surface area contributed by atoms with Crippen molar-refractivity contribution in [3.8, 4) is 0 Å². The lowest BCUT2D eigenvalue weighted by molar-refractivity contribution is 0.0220. The Morgan fingerprint density at radius 3 is 2.54 bits per heavy atom. The van der Waals surface area contributed by atoms with E-state index in [1.165, 1.54) is 0 Å². The number of ether oxygens (including phenoxy) is 1. The van der Waals surface area contributed by atoms with Gasteiger partial charge in [-0.05, 0) is 27.7 Å². The van der Waals surface area contributed by atoms with Crippen LogP contribution in [0.4, 0.5) is 0 Å². The van der Waals surface area contributed by atoms with Crippen molar-refractivity contribution in [3.63, 3.8) is 0 Å². The van der Waals surface area contributed by atoms with Crippen LogP contribution in [0.15, 0.2) is 4.99 Å². The Hall–Kier alpha value is -0.860. The first-order valence-corrected chi connectivity index (χ1v) is 10.5. The van der Waals surface area contributed by atoms with Crippen molar-refractivity contribution in [2.24, 2.45) is 4.99 Å². The standard InChI is InChI=1S/C16H32N4O3S/c1-5-17-15(18-12-14(2)19-6-9-23-10-7-19)20-8-11-24(21,22)16(3,4)13-20/h14H,5-13H2,1-4H3,(H,17,18). The highest BCUT2D eigenvalue weighted by atomic mass is 32.2. The highest BCUT2D eigenvalue weighted by Gasteiger charge is 2.41. The van der Waals surface area contributed by atoms with Gasteiger partial charge < -0.3 is 15.0 Å².